The lowest BCUT2D eigenvalue weighted by molar-refractivity contribution is 0.136. The average molecular weight is 370 g/mol. The first kappa shape index (κ1) is 16.4. The molecule has 0 aliphatic carbocycles. The monoisotopic (exact) mass is 369 g/mol. The fraction of sp³-hybridized carbons (Fsp3) is 0.188. The van der Waals surface area contributed by atoms with Crippen molar-refractivity contribution >= 4 is 22.0 Å². The minimum atomic E-state index is -0.851. The largest absolute Gasteiger partial charge is 0.445 e. The lowest BCUT2D eigenvalue weighted by atomic mass is 10.1. The zero-order valence-corrected chi connectivity index (χ0v) is 13.4. The Morgan fingerprint density at radius 3 is 2.41 bits per heavy atom. The van der Waals surface area contributed by atoms with Gasteiger partial charge in [-0.3, -0.25) is 0 Å². The molecule has 0 unspecified atom stereocenters. The van der Waals surface area contributed by atoms with E-state index in [1.807, 2.05) is 30.3 Å². The molecule has 0 spiro atoms. The van der Waals surface area contributed by atoms with Gasteiger partial charge in [-0.15, -0.1) is 0 Å². The summed E-state index contributed by atoms with van der Waals surface area (Å²) in [4.78, 5) is 11.7. The number of nitrogens with one attached hydrogen (secondary N) is 1. The third-order valence-corrected chi connectivity index (χ3v) is 3.48. The molecule has 3 nitrogen and oxygen atoms in total. The van der Waals surface area contributed by atoms with Gasteiger partial charge in [0.25, 0.3) is 0 Å². The smallest absolute Gasteiger partial charge is 0.407 e. The van der Waals surface area contributed by atoms with Crippen molar-refractivity contribution in [3.8, 4) is 0 Å². The van der Waals surface area contributed by atoms with Gasteiger partial charge >= 0.3 is 6.09 Å². The summed E-state index contributed by atoms with van der Waals surface area (Å²) in [6.07, 6.45) is -0.738. The molecule has 22 heavy (non-hydrogen) atoms. The van der Waals surface area contributed by atoms with Crippen LogP contribution < -0.4 is 5.32 Å². The van der Waals surface area contributed by atoms with Gasteiger partial charge in [-0.2, -0.15) is 0 Å². The van der Waals surface area contributed by atoms with Crippen LogP contribution >= 0.6 is 15.9 Å². The number of alkyl carbamates (subject to hydrolysis) is 1. The molecule has 2 aromatic rings. The molecular weight excluding hydrogens is 356 g/mol. The molecule has 0 bridgehead atoms. The predicted molar refractivity (Wildman–Crippen MR) is 82.2 cm³/mol. The fourth-order valence-corrected chi connectivity index (χ4v) is 2.38. The number of hydrogen-bond donors (Lipinski definition) is 1. The third-order valence-electron chi connectivity index (χ3n) is 3.02. The fourth-order valence-electron chi connectivity index (χ4n) is 1.98. The maximum absolute atomic E-state index is 13.8. The minimum absolute atomic E-state index is 0.0880. The topological polar surface area (TPSA) is 38.3 Å². The third kappa shape index (κ3) is 4.27. The normalized spacial score (nSPS) is 11.8. The van der Waals surface area contributed by atoms with Gasteiger partial charge in [-0.25, -0.2) is 13.6 Å². The Labute approximate surface area is 135 Å². The quantitative estimate of drug-likeness (QED) is 0.846. The van der Waals surface area contributed by atoms with E-state index >= 15 is 0 Å². The number of ether oxygens (including phenoxy) is 1. The molecule has 0 aliphatic heterocycles. The summed E-state index contributed by atoms with van der Waals surface area (Å²) in [6, 6.07) is 10.6. The second kappa shape index (κ2) is 7.35. The summed E-state index contributed by atoms with van der Waals surface area (Å²) in [5, 5.41) is 2.41. The van der Waals surface area contributed by atoms with Gasteiger partial charge in [0.15, 0.2) is 0 Å². The Bertz CT molecular complexity index is 641. The van der Waals surface area contributed by atoms with Crippen LogP contribution in [0.4, 0.5) is 13.6 Å². The van der Waals surface area contributed by atoms with Gasteiger partial charge in [-0.05, 0) is 24.6 Å². The summed E-state index contributed by atoms with van der Waals surface area (Å²) in [6.45, 7) is 1.57. The van der Waals surface area contributed by atoms with Crippen LogP contribution in [0.5, 0.6) is 0 Å². The van der Waals surface area contributed by atoms with Crippen LogP contribution in [-0.4, -0.2) is 6.09 Å². The van der Waals surface area contributed by atoms with E-state index in [4.69, 9.17) is 4.74 Å². The molecule has 1 N–H and O–H groups in total. The summed E-state index contributed by atoms with van der Waals surface area (Å²) < 4.78 is 32.9. The Kier molecular flexibility index (Phi) is 5.49. The van der Waals surface area contributed by atoms with Crippen LogP contribution in [0.3, 0.4) is 0 Å². The predicted octanol–water partition coefficient (Wildman–Crippen LogP) is 4.71. The molecule has 2 rings (SSSR count). The van der Waals surface area contributed by atoms with E-state index in [0.717, 1.165) is 17.7 Å². The molecule has 0 aromatic heterocycles. The van der Waals surface area contributed by atoms with Crippen molar-refractivity contribution in [1.82, 2.24) is 5.32 Å². The maximum Gasteiger partial charge on any atom is 0.407 e. The number of hydrogen-bond acceptors (Lipinski definition) is 2. The van der Waals surface area contributed by atoms with Crippen molar-refractivity contribution in [2.75, 3.05) is 0 Å². The van der Waals surface area contributed by atoms with E-state index in [1.165, 1.54) is 6.92 Å². The van der Waals surface area contributed by atoms with Gasteiger partial charge in [0.2, 0.25) is 0 Å². The van der Waals surface area contributed by atoms with E-state index in [0.29, 0.717) is 4.47 Å². The summed E-state index contributed by atoms with van der Waals surface area (Å²) >= 11 is 3.01. The van der Waals surface area contributed by atoms with Crippen LogP contribution in [-0.2, 0) is 11.3 Å². The average Bonchev–Trinajstić information content (AvgIpc) is 2.45. The molecule has 116 valence electrons. The van der Waals surface area contributed by atoms with E-state index in [1.54, 1.807) is 0 Å². The number of carbonyl (C=O) groups is 1. The van der Waals surface area contributed by atoms with E-state index in [-0.39, 0.29) is 12.2 Å². The lowest BCUT2D eigenvalue weighted by Crippen LogP contribution is -2.28. The van der Waals surface area contributed by atoms with Gasteiger partial charge in [0.1, 0.15) is 18.2 Å². The van der Waals surface area contributed by atoms with E-state index < -0.39 is 23.8 Å². The number of benzene rings is 2. The van der Waals surface area contributed by atoms with E-state index in [2.05, 4.69) is 21.2 Å². The maximum atomic E-state index is 13.8. The molecule has 0 aliphatic rings. The van der Waals surface area contributed by atoms with Gasteiger partial charge in [-0.1, -0.05) is 46.3 Å². The Hall–Kier alpha value is -1.95. The van der Waals surface area contributed by atoms with Gasteiger partial charge in [0.05, 0.1) is 6.04 Å². The first-order valence-electron chi connectivity index (χ1n) is 6.59. The standard InChI is InChI=1S/C16H14BrF2NO2/c1-10(15-13(18)7-12(17)8-14(15)19)20-16(21)22-9-11-5-3-2-4-6-11/h2-8,10H,9H2,1H3,(H,20,21)/t10-/m0/s1. The summed E-state index contributed by atoms with van der Waals surface area (Å²) in [5.74, 6) is -1.47. The van der Waals surface area contributed by atoms with Crippen molar-refractivity contribution < 1.29 is 18.3 Å². The highest BCUT2D eigenvalue weighted by atomic mass is 79.9. The lowest BCUT2D eigenvalue weighted by Gasteiger charge is -2.16. The van der Waals surface area contributed by atoms with Crippen molar-refractivity contribution in [3.05, 3.63) is 69.7 Å². The van der Waals surface area contributed by atoms with Crippen LogP contribution in [0.2, 0.25) is 0 Å². The van der Waals surface area contributed by atoms with Gasteiger partial charge < -0.3 is 10.1 Å². The second-order valence-electron chi connectivity index (χ2n) is 4.71. The molecule has 0 fully saturated rings. The second-order valence-corrected chi connectivity index (χ2v) is 5.63. The SMILES string of the molecule is C[C@H](NC(=O)OCc1ccccc1)c1c(F)cc(Br)cc1F. The number of amides is 1. The molecular formula is C16H14BrF2NO2. The molecule has 1 amide bonds. The van der Waals surface area contributed by atoms with Crippen molar-refractivity contribution in [2.24, 2.45) is 0 Å². The molecule has 6 heteroatoms. The number of rotatable bonds is 4. The summed E-state index contributed by atoms with van der Waals surface area (Å²) in [7, 11) is 0. The molecule has 2 aromatic carbocycles. The Morgan fingerprint density at radius 2 is 1.82 bits per heavy atom. The highest BCUT2D eigenvalue weighted by Crippen LogP contribution is 2.24. The first-order chi connectivity index (χ1) is 10.5. The van der Waals surface area contributed by atoms with E-state index in [9.17, 15) is 13.6 Å². The van der Waals surface area contributed by atoms with Crippen LogP contribution in [0.1, 0.15) is 24.1 Å². The Balaban J connectivity index is 1.97. The van der Waals surface area contributed by atoms with Crippen LogP contribution in [0.25, 0.3) is 0 Å². The molecule has 0 heterocycles. The van der Waals surface area contributed by atoms with Crippen molar-refractivity contribution in [1.29, 1.82) is 0 Å². The molecule has 0 radical (unpaired) electrons. The van der Waals surface area contributed by atoms with Crippen LogP contribution in [0.15, 0.2) is 46.9 Å². The molecule has 0 saturated heterocycles. The highest BCUT2D eigenvalue weighted by Gasteiger charge is 2.19. The minimum Gasteiger partial charge on any atom is -0.445 e. The number of carbonyl (C=O) groups excluding carboxylic acids is 1. The van der Waals surface area contributed by atoms with Crippen molar-refractivity contribution in [2.45, 2.75) is 19.6 Å². The first-order valence-corrected chi connectivity index (χ1v) is 7.38. The number of halogens is 3. The van der Waals surface area contributed by atoms with Gasteiger partial charge in [0, 0.05) is 10.0 Å². The zero-order valence-electron chi connectivity index (χ0n) is 11.8. The Morgan fingerprint density at radius 1 is 1.23 bits per heavy atom. The zero-order chi connectivity index (χ0) is 16.1. The molecule has 0 saturated carbocycles. The van der Waals surface area contributed by atoms with Crippen LogP contribution in [0, 0.1) is 11.6 Å². The highest BCUT2D eigenvalue weighted by molar-refractivity contribution is 9.10. The summed E-state index contributed by atoms with van der Waals surface area (Å²) in [5.41, 5.74) is 0.617. The molecule has 1 atom stereocenters. The van der Waals surface area contributed by atoms with Crippen molar-refractivity contribution in [3.63, 3.8) is 0 Å².